The normalized spacial score (nSPS) is 11.1. The third-order valence-corrected chi connectivity index (χ3v) is 3.58. The number of rotatable bonds is 3. The second-order valence-corrected chi connectivity index (χ2v) is 7.65. The third-order valence-electron chi connectivity index (χ3n) is 2.61. The fourth-order valence-corrected chi connectivity index (χ4v) is 1.93. The highest BCUT2D eigenvalue weighted by atomic mass is 31.2. The van der Waals surface area contributed by atoms with Crippen molar-refractivity contribution in [3.05, 3.63) is 54.6 Å². The maximum atomic E-state index is 11.7. The number of hydrogen-bond donors (Lipinski definition) is 0. The van der Waals surface area contributed by atoms with Gasteiger partial charge in [-0.2, -0.15) is 0 Å². The topological polar surface area (TPSA) is 43.4 Å². The summed E-state index contributed by atoms with van der Waals surface area (Å²) in [6, 6.07) is 16.8. The summed E-state index contributed by atoms with van der Waals surface area (Å²) >= 11 is 0. The van der Waals surface area contributed by atoms with Gasteiger partial charge in [-0.3, -0.25) is 0 Å². The van der Waals surface area contributed by atoms with Gasteiger partial charge in [0.25, 0.3) is 0 Å². The van der Waals surface area contributed by atoms with Crippen molar-refractivity contribution in [1.82, 2.24) is 0 Å². The Labute approximate surface area is 112 Å². The summed E-state index contributed by atoms with van der Waals surface area (Å²) in [5.74, 6) is 0.433. The first-order chi connectivity index (χ1) is 8.98. The molecule has 0 aliphatic carbocycles. The minimum absolute atomic E-state index is 0.433. The van der Waals surface area contributed by atoms with Crippen molar-refractivity contribution in [2.75, 3.05) is 13.3 Å². The average Bonchev–Trinajstić information content (AvgIpc) is 2.39. The number of carbonyl (C=O) groups is 1. The lowest BCUT2D eigenvalue weighted by atomic mass is 10.1. The molecule has 0 aliphatic heterocycles. The zero-order valence-electron chi connectivity index (χ0n) is 10.9. The van der Waals surface area contributed by atoms with Crippen LogP contribution in [0.4, 0.5) is 4.79 Å². The zero-order chi connectivity index (χ0) is 13.9. The monoisotopic (exact) mass is 274 g/mol. The van der Waals surface area contributed by atoms with Crippen LogP contribution < -0.4 is 4.74 Å². The molecule has 2 rings (SSSR count). The summed E-state index contributed by atoms with van der Waals surface area (Å²) in [6.45, 7) is 2.81. The Bertz CT molecular complexity index is 629. The quantitative estimate of drug-likeness (QED) is 0.775. The second kappa shape index (κ2) is 5.41. The van der Waals surface area contributed by atoms with E-state index in [1.807, 2.05) is 42.5 Å². The van der Waals surface area contributed by atoms with Gasteiger partial charge in [-0.05, 0) is 25.0 Å². The fourth-order valence-electron chi connectivity index (χ4n) is 1.62. The molecule has 98 valence electrons. The van der Waals surface area contributed by atoms with Gasteiger partial charge in [-0.25, -0.2) is 4.79 Å². The summed E-state index contributed by atoms with van der Waals surface area (Å²) in [7, 11) is -2.89. The van der Waals surface area contributed by atoms with Crippen molar-refractivity contribution >= 4 is 12.9 Å². The van der Waals surface area contributed by atoms with Gasteiger partial charge in [0.05, 0.1) is 0 Å². The molecule has 2 aromatic rings. The van der Waals surface area contributed by atoms with Crippen molar-refractivity contribution < 1.29 is 14.1 Å². The molecule has 0 saturated heterocycles. The Hall–Kier alpha value is -1.86. The Morgan fingerprint density at radius 3 is 2.16 bits per heavy atom. The molecule has 0 atom stereocenters. The van der Waals surface area contributed by atoms with Crippen LogP contribution >= 0.6 is 7.14 Å². The number of ether oxygens (including phenoxy) is 1. The van der Waals surface area contributed by atoms with Gasteiger partial charge in [-0.15, -0.1) is 0 Å². The average molecular weight is 274 g/mol. The maximum Gasteiger partial charge on any atom is 0.368 e. The zero-order valence-corrected chi connectivity index (χ0v) is 11.8. The summed E-state index contributed by atoms with van der Waals surface area (Å²) in [5.41, 5.74) is 1.09. The van der Waals surface area contributed by atoms with Gasteiger partial charge in [0, 0.05) is 5.56 Å². The SMILES string of the molecule is CP(C)(=O)C(=O)Oc1ccccc1-c1ccccc1. The molecule has 2 aromatic carbocycles. The van der Waals surface area contributed by atoms with E-state index in [9.17, 15) is 9.36 Å². The van der Waals surface area contributed by atoms with Crippen molar-refractivity contribution in [2.45, 2.75) is 0 Å². The van der Waals surface area contributed by atoms with Gasteiger partial charge in [-0.1, -0.05) is 48.5 Å². The van der Waals surface area contributed by atoms with Gasteiger partial charge >= 0.3 is 5.71 Å². The van der Waals surface area contributed by atoms with E-state index < -0.39 is 12.9 Å². The largest absolute Gasteiger partial charge is 0.420 e. The van der Waals surface area contributed by atoms with Gasteiger partial charge in [0.15, 0.2) is 7.14 Å². The Balaban J connectivity index is 2.38. The first-order valence-electron chi connectivity index (χ1n) is 5.90. The molecule has 0 aliphatic rings. The number of carbonyl (C=O) groups excluding carboxylic acids is 1. The predicted molar refractivity (Wildman–Crippen MR) is 77.4 cm³/mol. The molecule has 0 bridgehead atoms. The lowest BCUT2D eigenvalue weighted by molar-refractivity contribution is 0.224. The lowest BCUT2D eigenvalue weighted by Gasteiger charge is -2.11. The predicted octanol–water partition coefficient (Wildman–Crippen LogP) is 4.48. The Kier molecular flexibility index (Phi) is 3.87. The summed E-state index contributed by atoms with van der Waals surface area (Å²) < 4.78 is 17.0. The van der Waals surface area contributed by atoms with Gasteiger partial charge in [0.1, 0.15) is 5.75 Å². The number of hydrogen-bond acceptors (Lipinski definition) is 3. The van der Waals surface area contributed by atoms with Crippen LogP contribution in [0.1, 0.15) is 0 Å². The van der Waals surface area contributed by atoms with E-state index in [1.165, 1.54) is 13.3 Å². The fraction of sp³-hybridized carbons (Fsp3) is 0.133. The van der Waals surface area contributed by atoms with Crippen LogP contribution in [0.2, 0.25) is 0 Å². The maximum absolute atomic E-state index is 11.7. The van der Waals surface area contributed by atoms with Crippen LogP contribution in [-0.2, 0) is 4.57 Å². The van der Waals surface area contributed by atoms with E-state index >= 15 is 0 Å². The lowest BCUT2D eigenvalue weighted by Crippen LogP contribution is -2.06. The summed E-state index contributed by atoms with van der Waals surface area (Å²) in [5, 5.41) is 0. The summed E-state index contributed by atoms with van der Waals surface area (Å²) in [6.07, 6.45) is 0. The molecule has 0 heterocycles. The van der Waals surface area contributed by atoms with Crippen LogP contribution in [0.3, 0.4) is 0 Å². The molecule has 0 radical (unpaired) electrons. The molecule has 0 aromatic heterocycles. The van der Waals surface area contributed by atoms with Crippen LogP contribution in [0.15, 0.2) is 54.6 Å². The number of benzene rings is 2. The molecular formula is C15H15O3P. The van der Waals surface area contributed by atoms with Crippen molar-refractivity contribution in [3.63, 3.8) is 0 Å². The van der Waals surface area contributed by atoms with Crippen LogP contribution in [0.25, 0.3) is 11.1 Å². The molecule has 0 fully saturated rings. The second-order valence-electron chi connectivity index (χ2n) is 4.58. The van der Waals surface area contributed by atoms with E-state index in [0.717, 1.165) is 11.1 Å². The molecule has 0 saturated carbocycles. The first-order valence-corrected chi connectivity index (χ1v) is 8.50. The highest BCUT2D eigenvalue weighted by Gasteiger charge is 2.22. The molecule has 0 unspecified atom stereocenters. The molecule has 0 spiro atoms. The molecule has 19 heavy (non-hydrogen) atoms. The van der Waals surface area contributed by atoms with E-state index in [4.69, 9.17) is 4.74 Å². The van der Waals surface area contributed by atoms with Crippen molar-refractivity contribution in [3.8, 4) is 16.9 Å². The first kappa shape index (κ1) is 13.6. The van der Waals surface area contributed by atoms with E-state index in [2.05, 4.69) is 0 Å². The van der Waals surface area contributed by atoms with Crippen LogP contribution in [-0.4, -0.2) is 19.0 Å². The number of para-hydroxylation sites is 1. The highest BCUT2D eigenvalue weighted by molar-refractivity contribution is 7.78. The van der Waals surface area contributed by atoms with Crippen molar-refractivity contribution in [2.24, 2.45) is 0 Å². The third kappa shape index (κ3) is 3.33. The molecule has 4 heteroatoms. The van der Waals surface area contributed by atoms with Gasteiger partial charge < -0.3 is 9.30 Å². The minimum atomic E-state index is -2.89. The van der Waals surface area contributed by atoms with Crippen molar-refractivity contribution in [1.29, 1.82) is 0 Å². The summed E-state index contributed by atoms with van der Waals surface area (Å²) in [4.78, 5) is 11.7. The molecule has 3 nitrogen and oxygen atoms in total. The van der Waals surface area contributed by atoms with E-state index in [0.29, 0.717) is 5.75 Å². The molecule has 0 N–H and O–H groups in total. The van der Waals surface area contributed by atoms with Crippen LogP contribution in [0, 0.1) is 0 Å². The molecule has 0 amide bonds. The van der Waals surface area contributed by atoms with E-state index in [1.54, 1.807) is 12.1 Å². The smallest absolute Gasteiger partial charge is 0.368 e. The van der Waals surface area contributed by atoms with Crippen LogP contribution in [0.5, 0.6) is 5.75 Å². The minimum Gasteiger partial charge on any atom is -0.420 e. The molecular weight excluding hydrogens is 259 g/mol. The Morgan fingerprint density at radius 1 is 0.947 bits per heavy atom. The van der Waals surface area contributed by atoms with Gasteiger partial charge in [0.2, 0.25) is 0 Å². The standard InChI is InChI=1S/C15H15O3P/c1-19(2,17)15(16)18-14-11-7-6-10-13(14)12-8-4-3-5-9-12/h3-11H,1-2H3. The highest BCUT2D eigenvalue weighted by Crippen LogP contribution is 2.40. The van der Waals surface area contributed by atoms with E-state index in [-0.39, 0.29) is 0 Å². The Morgan fingerprint density at radius 2 is 1.53 bits per heavy atom.